The lowest BCUT2D eigenvalue weighted by molar-refractivity contribution is 0.302. The molecule has 0 amide bonds. The first-order valence-corrected chi connectivity index (χ1v) is 12.0. The Hall–Kier alpha value is -3.04. The summed E-state index contributed by atoms with van der Waals surface area (Å²) in [5, 5.41) is 9.80. The molecule has 3 heteroatoms. The number of nitrogens with zero attached hydrogens (tertiary/aromatic N) is 1. The fraction of sp³-hybridized carbons (Fsp3) is 0.333. The highest BCUT2D eigenvalue weighted by Gasteiger charge is 2.13. The third kappa shape index (κ3) is 7.50. The van der Waals surface area contributed by atoms with Gasteiger partial charge in [0.05, 0.1) is 6.61 Å². The Morgan fingerprint density at radius 1 is 0.727 bits per heavy atom. The molecule has 3 aromatic rings. The summed E-state index contributed by atoms with van der Waals surface area (Å²) < 4.78 is 6.00. The second-order valence-electron chi connectivity index (χ2n) is 8.71. The molecule has 174 valence electrons. The van der Waals surface area contributed by atoms with Crippen LogP contribution in [-0.2, 0) is 0 Å². The molecule has 1 N–H and O–H groups in total. The normalized spacial score (nSPS) is 12.0. The van der Waals surface area contributed by atoms with Gasteiger partial charge in [0.2, 0.25) is 0 Å². The maximum atomic E-state index is 9.80. The molecule has 3 nitrogen and oxygen atoms in total. The first kappa shape index (κ1) is 24.6. The van der Waals surface area contributed by atoms with Crippen LogP contribution in [0.4, 0.5) is 0 Å². The van der Waals surface area contributed by atoms with E-state index in [0.717, 1.165) is 42.9 Å². The van der Waals surface area contributed by atoms with E-state index in [2.05, 4.69) is 74.4 Å². The molecule has 0 saturated carbocycles. The second kappa shape index (κ2) is 12.9. The van der Waals surface area contributed by atoms with E-state index in [0.29, 0.717) is 0 Å². The highest BCUT2D eigenvalue weighted by molar-refractivity contribution is 5.98. The summed E-state index contributed by atoms with van der Waals surface area (Å²) >= 11 is 0. The number of unbranched alkanes of at least 4 members (excludes halogenated alkanes) is 3. The average molecular weight is 444 g/mol. The fourth-order valence-corrected chi connectivity index (χ4v) is 4.10. The molecule has 3 rings (SSSR count). The van der Waals surface area contributed by atoms with Gasteiger partial charge in [-0.2, -0.15) is 0 Å². The topological polar surface area (TPSA) is 32.7 Å². The Kier molecular flexibility index (Phi) is 9.59. The molecular weight excluding hydrogens is 406 g/mol. The molecule has 0 heterocycles. The molecule has 33 heavy (non-hydrogen) atoms. The summed E-state index contributed by atoms with van der Waals surface area (Å²) in [6, 6.07) is 26.4. The van der Waals surface area contributed by atoms with Gasteiger partial charge in [0.15, 0.2) is 0 Å². The van der Waals surface area contributed by atoms with E-state index < -0.39 is 0 Å². The van der Waals surface area contributed by atoms with Crippen molar-refractivity contribution in [3.63, 3.8) is 0 Å². The van der Waals surface area contributed by atoms with E-state index in [1.807, 2.05) is 18.2 Å². The van der Waals surface area contributed by atoms with Crippen molar-refractivity contribution in [3.05, 3.63) is 95.6 Å². The largest absolute Gasteiger partial charge is 0.508 e. The van der Waals surface area contributed by atoms with Crippen molar-refractivity contribution in [1.82, 2.24) is 4.90 Å². The summed E-state index contributed by atoms with van der Waals surface area (Å²) in [4.78, 5) is 2.24. The van der Waals surface area contributed by atoms with Crippen LogP contribution in [0, 0.1) is 0 Å². The predicted octanol–water partition coefficient (Wildman–Crippen LogP) is 7.26. The van der Waals surface area contributed by atoms with Crippen LogP contribution in [0.2, 0.25) is 0 Å². The van der Waals surface area contributed by atoms with Crippen LogP contribution in [0.3, 0.4) is 0 Å². The number of ether oxygens (including phenoxy) is 1. The van der Waals surface area contributed by atoms with Gasteiger partial charge in [0, 0.05) is 0 Å². The first-order valence-electron chi connectivity index (χ1n) is 12.0. The van der Waals surface area contributed by atoms with E-state index in [4.69, 9.17) is 4.74 Å². The zero-order chi connectivity index (χ0) is 23.5. The van der Waals surface area contributed by atoms with Crippen LogP contribution < -0.4 is 4.74 Å². The molecule has 3 aromatic carbocycles. The summed E-state index contributed by atoms with van der Waals surface area (Å²) in [5.74, 6) is 1.19. The smallest absolute Gasteiger partial charge is 0.119 e. The Balaban J connectivity index is 1.75. The molecule has 0 aliphatic heterocycles. The molecule has 0 atom stereocenters. The maximum Gasteiger partial charge on any atom is 0.119 e. The molecule has 0 spiro atoms. The van der Waals surface area contributed by atoms with Crippen molar-refractivity contribution in [2.24, 2.45) is 0 Å². The minimum atomic E-state index is 0.279. The van der Waals surface area contributed by atoms with Crippen molar-refractivity contribution in [1.29, 1.82) is 0 Å². The molecule has 0 saturated heterocycles. The van der Waals surface area contributed by atoms with Crippen LogP contribution in [0.15, 0.2) is 78.9 Å². The SMILES string of the molecule is CC/C(=C(\c1ccc(O)cc1)c1ccc(OCCCCCCN(C)C)cc1)c1ccccc1. The molecule has 0 fully saturated rings. The molecule has 0 bridgehead atoms. The van der Waals surface area contributed by atoms with Crippen molar-refractivity contribution < 1.29 is 9.84 Å². The van der Waals surface area contributed by atoms with Crippen molar-refractivity contribution in [3.8, 4) is 11.5 Å². The summed E-state index contributed by atoms with van der Waals surface area (Å²) in [5.41, 5.74) is 5.94. The van der Waals surface area contributed by atoms with Crippen LogP contribution in [0.5, 0.6) is 11.5 Å². The number of aromatic hydroxyl groups is 1. The standard InChI is InChI=1S/C30H37NO2/c1-4-29(24-12-8-7-9-13-24)30(25-14-18-27(32)19-15-25)26-16-20-28(21-17-26)33-23-11-6-5-10-22-31(2)3/h7-9,12-21,32H,4-6,10-11,22-23H2,1-3H3/b30-29-. The third-order valence-corrected chi connectivity index (χ3v) is 5.84. The Morgan fingerprint density at radius 3 is 1.94 bits per heavy atom. The predicted molar refractivity (Wildman–Crippen MR) is 140 cm³/mol. The van der Waals surface area contributed by atoms with Gasteiger partial charge in [-0.1, -0.05) is 74.4 Å². The number of hydrogen-bond donors (Lipinski definition) is 1. The van der Waals surface area contributed by atoms with Crippen molar-refractivity contribution in [2.75, 3.05) is 27.2 Å². The Labute approximate surface area is 199 Å². The number of phenolic OH excluding ortho intramolecular Hbond substituents is 1. The fourth-order valence-electron chi connectivity index (χ4n) is 4.10. The van der Waals surface area contributed by atoms with E-state index in [1.54, 1.807) is 12.1 Å². The highest BCUT2D eigenvalue weighted by atomic mass is 16.5. The molecule has 0 aliphatic carbocycles. The Bertz CT molecular complexity index is 990. The van der Waals surface area contributed by atoms with Crippen LogP contribution in [0.25, 0.3) is 11.1 Å². The van der Waals surface area contributed by atoms with Crippen LogP contribution in [-0.4, -0.2) is 37.3 Å². The van der Waals surface area contributed by atoms with Gasteiger partial charge < -0.3 is 14.7 Å². The van der Waals surface area contributed by atoms with Gasteiger partial charge in [0.1, 0.15) is 11.5 Å². The molecular formula is C30H37NO2. The lowest BCUT2D eigenvalue weighted by Crippen LogP contribution is -2.12. The molecule has 0 radical (unpaired) electrons. The van der Waals surface area contributed by atoms with Gasteiger partial charge in [-0.15, -0.1) is 0 Å². The van der Waals surface area contributed by atoms with Gasteiger partial charge >= 0.3 is 0 Å². The highest BCUT2D eigenvalue weighted by Crippen LogP contribution is 2.35. The maximum absolute atomic E-state index is 9.80. The lowest BCUT2D eigenvalue weighted by Gasteiger charge is -2.17. The lowest BCUT2D eigenvalue weighted by atomic mass is 9.88. The van der Waals surface area contributed by atoms with E-state index in [-0.39, 0.29) is 5.75 Å². The number of phenols is 1. The number of rotatable bonds is 12. The zero-order valence-electron chi connectivity index (χ0n) is 20.3. The van der Waals surface area contributed by atoms with Crippen LogP contribution >= 0.6 is 0 Å². The van der Waals surface area contributed by atoms with Gasteiger partial charge in [0.25, 0.3) is 0 Å². The number of benzene rings is 3. The summed E-state index contributed by atoms with van der Waals surface area (Å²) in [6.07, 6.45) is 5.69. The quantitative estimate of drug-likeness (QED) is 0.236. The Morgan fingerprint density at radius 2 is 1.33 bits per heavy atom. The number of allylic oxidation sites excluding steroid dienone is 1. The monoisotopic (exact) mass is 443 g/mol. The number of hydrogen-bond acceptors (Lipinski definition) is 3. The average Bonchev–Trinajstić information content (AvgIpc) is 2.83. The second-order valence-corrected chi connectivity index (χ2v) is 8.71. The van der Waals surface area contributed by atoms with Crippen molar-refractivity contribution >= 4 is 11.1 Å². The third-order valence-electron chi connectivity index (χ3n) is 5.84. The van der Waals surface area contributed by atoms with Crippen LogP contribution in [0.1, 0.15) is 55.7 Å². The summed E-state index contributed by atoms with van der Waals surface area (Å²) in [7, 11) is 4.25. The minimum absolute atomic E-state index is 0.279. The summed E-state index contributed by atoms with van der Waals surface area (Å²) in [6.45, 7) is 4.10. The zero-order valence-corrected chi connectivity index (χ0v) is 20.3. The molecule has 0 aliphatic rings. The van der Waals surface area contributed by atoms with Gasteiger partial charge in [-0.3, -0.25) is 0 Å². The molecule has 0 aromatic heterocycles. The molecule has 0 unspecified atom stereocenters. The van der Waals surface area contributed by atoms with Crippen molar-refractivity contribution in [2.45, 2.75) is 39.0 Å². The van der Waals surface area contributed by atoms with E-state index in [9.17, 15) is 5.11 Å². The van der Waals surface area contributed by atoms with Gasteiger partial charge in [-0.05, 0) is 92.0 Å². The van der Waals surface area contributed by atoms with E-state index >= 15 is 0 Å². The van der Waals surface area contributed by atoms with E-state index in [1.165, 1.54) is 36.0 Å². The minimum Gasteiger partial charge on any atom is -0.508 e. The van der Waals surface area contributed by atoms with Gasteiger partial charge in [-0.25, -0.2) is 0 Å². The first-order chi connectivity index (χ1) is 16.1.